The number of ether oxygens (including phenoxy) is 1. The molecular weight excluding hydrogens is 434 g/mol. The SMILES string of the molecule is CN1C(=O)N(Cc2ccccc2C#N)C(N2CCC[C@@H](NC(=O)OC(C)(C)C)C2)=C2NC=NC21. The number of piperidine rings is 1. The van der Waals surface area contributed by atoms with Crippen LogP contribution in [0.3, 0.4) is 0 Å². The van der Waals surface area contributed by atoms with Crippen LogP contribution in [0.2, 0.25) is 0 Å². The summed E-state index contributed by atoms with van der Waals surface area (Å²) in [6.45, 7) is 7.01. The second kappa shape index (κ2) is 9.25. The van der Waals surface area contributed by atoms with E-state index in [-0.39, 0.29) is 18.6 Å². The highest BCUT2D eigenvalue weighted by atomic mass is 16.6. The van der Waals surface area contributed by atoms with Crippen LogP contribution in [0, 0.1) is 11.3 Å². The topological polar surface area (TPSA) is 113 Å². The van der Waals surface area contributed by atoms with Gasteiger partial charge < -0.3 is 20.3 Å². The number of carbonyl (C=O) groups excluding carboxylic acids is 2. The monoisotopic (exact) mass is 465 g/mol. The van der Waals surface area contributed by atoms with Gasteiger partial charge in [-0.3, -0.25) is 9.80 Å². The predicted octanol–water partition coefficient (Wildman–Crippen LogP) is 2.54. The van der Waals surface area contributed by atoms with Crippen LogP contribution in [-0.2, 0) is 11.3 Å². The number of hydrogen-bond donors (Lipinski definition) is 2. The van der Waals surface area contributed by atoms with E-state index in [9.17, 15) is 14.9 Å². The number of nitrogens with zero attached hydrogens (tertiary/aromatic N) is 5. The second-order valence-electron chi connectivity index (χ2n) is 9.71. The number of urea groups is 1. The third-order valence-corrected chi connectivity index (χ3v) is 6.00. The molecule has 3 aliphatic heterocycles. The minimum atomic E-state index is -0.577. The molecule has 10 nitrogen and oxygen atoms in total. The van der Waals surface area contributed by atoms with Crippen LogP contribution >= 0.6 is 0 Å². The summed E-state index contributed by atoms with van der Waals surface area (Å²) in [6, 6.07) is 9.19. The lowest BCUT2D eigenvalue weighted by Crippen LogP contribution is -2.57. The minimum Gasteiger partial charge on any atom is -0.444 e. The number of fused-ring (bicyclic) bond motifs is 1. The van der Waals surface area contributed by atoms with Gasteiger partial charge in [0.1, 0.15) is 17.1 Å². The van der Waals surface area contributed by atoms with E-state index in [1.165, 1.54) is 0 Å². The van der Waals surface area contributed by atoms with Crippen molar-refractivity contribution in [2.24, 2.45) is 4.99 Å². The first-order valence-corrected chi connectivity index (χ1v) is 11.5. The summed E-state index contributed by atoms with van der Waals surface area (Å²) in [7, 11) is 1.72. The Balaban J connectivity index is 1.62. The number of nitriles is 1. The number of rotatable bonds is 4. The third-order valence-electron chi connectivity index (χ3n) is 6.00. The summed E-state index contributed by atoms with van der Waals surface area (Å²) in [5.74, 6) is 0.731. The minimum absolute atomic E-state index is 0.125. The highest BCUT2D eigenvalue weighted by molar-refractivity contribution is 5.81. The van der Waals surface area contributed by atoms with Crippen LogP contribution in [-0.4, -0.2) is 71.1 Å². The molecule has 1 aromatic carbocycles. The molecule has 2 atom stereocenters. The normalized spacial score (nSPS) is 22.3. The van der Waals surface area contributed by atoms with Crippen molar-refractivity contribution >= 4 is 18.5 Å². The molecule has 3 aliphatic rings. The standard InChI is InChI=1S/C24H31N7O3/c1-24(2,3)34-22(32)28-18-10-7-11-30(14-18)21-19-20(27-15-26-19)29(4)23(33)31(21)13-17-9-6-5-8-16(17)12-25/h5-6,8-9,15,18,20H,7,10-11,13-14H2,1-4H3,(H,26,27)(H,28,32)/t18-,20?/m1/s1. The number of aliphatic imine (C=N–C) groups is 1. The Morgan fingerprint density at radius 2 is 2.12 bits per heavy atom. The van der Waals surface area contributed by atoms with Crippen LogP contribution in [0.1, 0.15) is 44.7 Å². The van der Waals surface area contributed by atoms with Crippen LogP contribution < -0.4 is 10.6 Å². The van der Waals surface area contributed by atoms with Crippen LogP contribution in [0.5, 0.6) is 0 Å². The first kappa shape index (κ1) is 23.4. The van der Waals surface area contributed by atoms with Crippen molar-refractivity contribution in [2.75, 3.05) is 20.1 Å². The highest BCUT2D eigenvalue weighted by Crippen LogP contribution is 2.32. The third kappa shape index (κ3) is 4.78. The zero-order valence-electron chi connectivity index (χ0n) is 20.0. The lowest BCUT2D eigenvalue weighted by atomic mass is 10.0. The number of likely N-dealkylation sites (tertiary alicyclic amines) is 1. The molecule has 180 valence electrons. The Bertz CT molecular complexity index is 1070. The van der Waals surface area contributed by atoms with Gasteiger partial charge in [-0.1, -0.05) is 18.2 Å². The lowest BCUT2D eigenvalue weighted by molar-refractivity contribution is 0.0466. The van der Waals surface area contributed by atoms with E-state index in [2.05, 4.69) is 26.6 Å². The fourth-order valence-corrected chi connectivity index (χ4v) is 4.51. The van der Waals surface area contributed by atoms with Crippen molar-refractivity contribution < 1.29 is 14.3 Å². The number of nitrogens with one attached hydrogen (secondary N) is 2. The fraction of sp³-hybridized carbons (Fsp3) is 0.500. The Hall–Kier alpha value is -3.74. The lowest BCUT2D eigenvalue weighted by Gasteiger charge is -2.45. The predicted molar refractivity (Wildman–Crippen MR) is 126 cm³/mol. The number of hydrogen-bond acceptors (Lipinski definition) is 7. The molecule has 3 amide bonds. The first-order chi connectivity index (χ1) is 16.2. The van der Waals surface area contributed by atoms with Gasteiger partial charge in [0.15, 0.2) is 6.17 Å². The van der Waals surface area contributed by atoms with Gasteiger partial charge in [0, 0.05) is 26.2 Å². The molecule has 1 aromatic rings. The van der Waals surface area contributed by atoms with E-state index in [4.69, 9.17) is 4.74 Å². The molecule has 3 heterocycles. The van der Waals surface area contributed by atoms with Gasteiger partial charge in [-0.15, -0.1) is 0 Å². The molecule has 0 spiro atoms. The van der Waals surface area contributed by atoms with Crippen molar-refractivity contribution in [1.29, 1.82) is 5.26 Å². The van der Waals surface area contributed by atoms with Crippen molar-refractivity contribution in [2.45, 2.75) is 58.0 Å². The molecule has 2 N–H and O–H groups in total. The largest absolute Gasteiger partial charge is 0.444 e. The Kier molecular flexibility index (Phi) is 6.37. The number of alkyl carbamates (subject to hydrolysis) is 1. The number of benzene rings is 1. The van der Waals surface area contributed by atoms with E-state index in [0.29, 0.717) is 12.1 Å². The molecule has 0 bridgehead atoms. The van der Waals surface area contributed by atoms with E-state index in [1.807, 2.05) is 39.0 Å². The molecule has 1 unspecified atom stereocenters. The molecule has 0 aromatic heterocycles. The smallest absolute Gasteiger partial charge is 0.407 e. The molecule has 0 aliphatic carbocycles. The van der Waals surface area contributed by atoms with E-state index in [1.54, 1.807) is 29.3 Å². The average molecular weight is 466 g/mol. The first-order valence-electron chi connectivity index (χ1n) is 11.5. The zero-order chi connectivity index (χ0) is 24.5. The van der Waals surface area contributed by atoms with E-state index < -0.39 is 17.9 Å². The Labute approximate surface area is 199 Å². The van der Waals surface area contributed by atoms with Crippen molar-refractivity contribution in [3.05, 3.63) is 46.9 Å². The van der Waals surface area contributed by atoms with Gasteiger partial charge in [0.2, 0.25) is 0 Å². The highest BCUT2D eigenvalue weighted by Gasteiger charge is 2.42. The molecule has 1 fully saturated rings. The summed E-state index contributed by atoms with van der Waals surface area (Å²) in [5, 5.41) is 15.8. The van der Waals surface area contributed by atoms with Crippen molar-refractivity contribution in [3.63, 3.8) is 0 Å². The maximum Gasteiger partial charge on any atom is 0.407 e. The zero-order valence-corrected chi connectivity index (χ0v) is 20.0. The fourth-order valence-electron chi connectivity index (χ4n) is 4.51. The summed E-state index contributed by atoms with van der Waals surface area (Å²) in [6.07, 6.45) is 2.39. The maximum atomic E-state index is 13.5. The summed E-state index contributed by atoms with van der Waals surface area (Å²) < 4.78 is 5.43. The summed E-state index contributed by atoms with van der Waals surface area (Å²) in [5.41, 5.74) is 1.53. The maximum absolute atomic E-state index is 13.5. The molecule has 0 radical (unpaired) electrons. The quantitative estimate of drug-likeness (QED) is 0.707. The summed E-state index contributed by atoms with van der Waals surface area (Å²) >= 11 is 0. The molecule has 10 heteroatoms. The Morgan fingerprint density at radius 3 is 2.85 bits per heavy atom. The number of carbonyl (C=O) groups is 2. The van der Waals surface area contributed by atoms with Gasteiger partial charge in [0.25, 0.3) is 0 Å². The van der Waals surface area contributed by atoms with E-state index >= 15 is 0 Å². The molecule has 4 rings (SSSR count). The number of likely N-dealkylation sites (N-methyl/N-ethyl adjacent to an activating group) is 1. The van der Waals surface area contributed by atoms with Crippen LogP contribution in [0.25, 0.3) is 0 Å². The van der Waals surface area contributed by atoms with Gasteiger partial charge >= 0.3 is 12.1 Å². The molecule has 0 saturated carbocycles. The van der Waals surface area contributed by atoms with Crippen molar-refractivity contribution in [1.82, 2.24) is 25.3 Å². The summed E-state index contributed by atoms with van der Waals surface area (Å²) in [4.78, 5) is 35.7. The van der Waals surface area contributed by atoms with E-state index in [0.717, 1.165) is 36.5 Å². The van der Waals surface area contributed by atoms with Gasteiger partial charge in [-0.05, 0) is 45.2 Å². The van der Waals surface area contributed by atoms with Gasteiger partial charge in [0.05, 0.1) is 24.5 Å². The average Bonchev–Trinajstić information content (AvgIpc) is 3.26. The van der Waals surface area contributed by atoms with Gasteiger partial charge in [-0.2, -0.15) is 5.26 Å². The molecule has 34 heavy (non-hydrogen) atoms. The number of amides is 3. The van der Waals surface area contributed by atoms with Crippen LogP contribution in [0.4, 0.5) is 9.59 Å². The van der Waals surface area contributed by atoms with Gasteiger partial charge in [-0.25, -0.2) is 14.6 Å². The molecular formula is C24H31N7O3. The molecule has 1 saturated heterocycles. The second-order valence-corrected chi connectivity index (χ2v) is 9.71. The van der Waals surface area contributed by atoms with Crippen molar-refractivity contribution in [3.8, 4) is 6.07 Å². The van der Waals surface area contributed by atoms with Crippen LogP contribution in [0.15, 0.2) is 40.8 Å². The Morgan fingerprint density at radius 1 is 1.35 bits per heavy atom.